The predicted octanol–water partition coefficient (Wildman–Crippen LogP) is 1.62. The van der Waals surface area contributed by atoms with Crippen molar-refractivity contribution in [2.75, 3.05) is 0 Å². The Morgan fingerprint density at radius 1 is 1.37 bits per heavy atom. The van der Waals surface area contributed by atoms with E-state index in [1.165, 1.54) is 18.5 Å². The van der Waals surface area contributed by atoms with Gasteiger partial charge in [-0.15, -0.1) is 5.10 Å². The van der Waals surface area contributed by atoms with Crippen LogP contribution < -0.4 is 5.73 Å². The smallest absolute Gasteiger partial charge is 0.326 e. The van der Waals surface area contributed by atoms with Crippen LogP contribution in [-0.2, 0) is 12.7 Å². The van der Waals surface area contributed by atoms with Crippen molar-refractivity contribution in [3.8, 4) is 11.8 Å². The number of nitrogens with two attached hydrogens (primary N) is 1. The van der Waals surface area contributed by atoms with Crippen molar-refractivity contribution in [2.45, 2.75) is 12.7 Å². The lowest BCUT2D eigenvalue weighted by Crippen LogP contribution is -2.13. The summed E-state index contributed by atoms with van der Waals surface area (Å²) in [6.45, 7) is -0.212. The quantitative estimate of drug-likeness (QED) is 0.896. The van der Waals surface area contributed by atoms with Crippen molar-refractivity contribution < 1.29 is 13.2 Å². The Labute approximate surface area is 106 Å². The van der Waals surface area contributed by atoms with Crippen molar-refractivity contribution in [3.05, 3.63) is 41.5 Å². The Kier molecular flexibility index (Phi) is 3.23. The van der Waals surface area contributed by atoms with Gasteiger partial charge in [-0.25, -0.2) is 9.67 Å². The minimum Gasteiger partial charge on any atom is -0.326 e. The molecule has 1 aromatic carbocycles. The fourth-order valence-electron chi connectivity index (χ4n) is 1.59. The van der Waals surface area contributed by atoms with E-state index in [1.807, 2.05) is 0 Å². The van der Waals surface area contributed by atoms with Crippen molar-refractivity contribution in [1.29, 1.82) is 5.26 Å². The van der Waals surface area contributed by atoms with Gasteiger partial charge >= 0.3 is 6.18 Å². The highest BCUT2D eigenvalue weighted by Gasteiger charge is 2.33. The van der Waals surface area contributed by atoms with Crippen LogP contribution in [0, 0.1) is 11.3 Å². The lowest BCUT2D eigenvalue weighted by Gasteiger charge is -2.13. The van der Waals surface area contributed by atoms with E-state index < -0.39 is 11.7 Å². The Hall–Kier alpha value is -2.40. The third-order valence-electron chi connectivity index (χ3n) is 2.48. The van der Waals surface area contributed by atoms with Crippen molar-refractivity contribution in [1.82, 2.24) is 14.8 Å². The van der Waals surface area contributed by atoms with Crippen LogP contribution in [-0.4, -0.2) is 14.8 Å². The molecule has 0 aliphatic rings. The third-order valence-corrected chi connectivity index (χ3v) is 2.48. The molecule has 0 aliphatic carbocycles. The van der Waals surface area contributed by atoms with Gasteiger partial charge in [0.25, 0.3) is 5.82 Å². The molecule has 0 saturated carbocycles. The number of rotatable bonds is 2. The van der Waals surface area contributed by atoms with E-state index >= 15 is 0 Å². The summed E-state index contributed by atoms with van der Waals surface area (Å²) in [5.41, 5.74) is 4.63. The molecule has 0 spiro atoms. The van der Waals surface area contributed by atoms with Crippen LogP contribution in [0.3, 0.4) is 0 Å². The van der Waals surface area contributed by atoms with Gasteiger partial charge in [-0.05, 0) is 17.7 Å². The summed E-state index contributed by atoms with van der Waals surface area (Å²) in [5, 5.41) is 12.3. The van der Waals surface area contributed by atoms with Gasteiger partial charge in [-0.1, -0.05) is 6.07 Å². The highest BCUT2D eigenvalue weighted by atomic mass is 19.4. The molecule has 0 unspecified atom stereocenters. The van der Waals surface area contributed by atoms with Crippen molar-refractivity contribution >= 4 is 0 Å². The Balaban J connectivity index is 2.52. The summed E-state index contributed by atoms with van der Waals surface area (Å²) >= 11 is 0. The van der Waals surface area contributed by atoms with E-state index in [2.05, 4.69) is 10.1 Å². The van der Waals surface area contributed by atoms with Crippen LogP contribution in [0.4, 0.5) is 13.2 Å². The van der Waals surface area contributed by atoms with E-state index in [0.29, 0.717) is 0 Å². The SMILES string of the molecule is N#Cc1ncn(-c2ccc(CN)c(C(F)(F)F)c2)n1. The molecule has 0 saturated heterocycles. The lowest BCUT2D eigenvalue weighted by molar-refractivity contribution is -0.138. The van der Waals surface area contributed by atoms with Gasteiger partial charge in [0.1, 0.15) is 12.4 Å². The van der Waals surface area contributed by atoms with Crippen LogP contribution in [0.5, 0.6) is 0 Å². The van der Waals surface area contributed by atoms with Crippen molar-refractivity contribution in [2.24, 2.45) is 5.73 Å². The maximum absolute atomic E-state index is 12.8. The van der Waals surface area contributed by atoms with E-state index in [9.17, 15) is 13.2 Å². The molecule has 0 amide bonds. The maximum Gasteiger partial charge on any atom is 0.416 e. The van der Waals surface area contributed by atoms with Gasteiger partial charge in [-0.2, -0.15) is 18.4 Å². The first kappa shape index (κ1) is 13.0. The number of aromatic nitrogens is 3. The van der Waals surface area contributed by atoms with Crippen LogP contribution >= 0.6 is 0 Å². The molecular weight excluding hydrogens is 259 g/mol. The molecule has 2 rings (SSSR count). The average molecular weight is 267 g/mol. The number of halogens is 3. The zero-order valence-corrected chi connectivity index (χ0v) is 9.52. The fraction of sp³-hybridized carbons (Fsp3) is 0.182. The van der Waals surface area contributed by atoms with Crippen LogP contribution in [0.25, 0.3) is 5.69 Å². The molecule has 0 aliphatic heterocycles. The molecule has 0 radical (unpaired) electrons. The van der Waals surface area contributed by atoms with E-state index in [4.69, 9.17) is 11.0 Å². The lowest BCUT2D eigenvalue weighted by atomic mass is 10.1. The second-order valence-electron chi connectivity index (χ2n) is 3.67. The molecule has 1 aromatic heterocycles. The first-order valence-corrected chi connectivity index (χ1v) is 5.18. The summed E-state index contributed by atoms with van der Waals surface area (Å²) in [4.78, 5) is 3.63. The molecule has 0 atom stereocenters. The van der Waals surface area contributed by atoms with Gasteiger partial charge in [0.05, 0.1) is 11.3 Å². The number of benzene rings is 1. The molecule has 1 heterocycles. The molecule has 0 bridgehead atoms. The predicted molar refractivity (Wildman–Crippen MR) is 59.0 cm³/mol. The summed E-state index contributed by atoms with van der Waals surface area (Å²) in [5.74, 6) is -0.114. The van der Waals surface area contributed by atoms with Crippen molar-refractivity contribution in [3.63, 3.8) is 0 Å². The number of hydrogen-bond donors (Lipinski definition) is 1. The standard InChI is InChI=1S/C11H8F3N5/c12-11(13,14)9-3-8(2-1-7(9)4-15)19-6-17-10(5-16)18-19/h1-3,6H,4,15H2. The van der Waals surface area contributed by atoms with Gasteiger partial charge in [0.2, 0.25) is 0 Å². The molecule has 2 N–H and O–H groups in total. The third kappa shape index (κ3) is 2.56. The van der Waals surface area contributed by atoms with Gasteiger partial charge < -0.3 is 5.73 Å². The Morgan fingerprint density at radius 2 is 2.11 bits per heavy atom. The zero-order chi connectivity index (χ0) is 14.0. The summed E-state index contributed by atoms with van der Waals surface area (Å²) < 4.78 is 39.7. The Morgan fingerprint density at radius 3 is 2.63 bits per heavy atom. The molecule has 98 valence electrons. The number of alkyl halides is 3. The van der Waals surface area contributed by atoms with Gasteiger partial charge in [0, 0.05) is 6.54 Å². The first-order valence-electron chi connectivity index (χ1n) is 5.18. The second kappa shape index (κ2) is 4.70. The molecular formula is C11H8F3N5. The van der Waals surface area contributed by atoms with Crippen LogP contribution in [0.2, 0.25) is 0 Å². The number of hydrogen-bond acceptors (Lipinski definition) is 4. The molecule has 19 heavy (non-hydrogen) atoms. The highest BCUT2D eigenvalue weighted by Crippen LogP contribution is 2.33. The number of nitrogens with zero attached hydrogens (tertiary/aromatic N) is 4. The number of nitriles is 1. The monoisotopic (exact) mass is 267 g/mol. The molecule has 2 aromatic rings. The zero-order valence-electron chi connectivity index (χ0n) is 9.52. The van der Waals surface area contributed by atoms with Crippen LogP contribution in [0.15, 0.2) is 24.5 Å². The van der Waals surface area contributed by atoms with Gasteiger partial charge in [-0.3, -0.25) is 0 Å². The molecule has 0 fully saturated rings. The highest BCUT2D eigenvalue weighted by molar-refractivity contribution is 5.41. The summed E-state index contributed by atoms with van der Waals surface area (Å²) in [7, 11) is 0. The minimum atomic E-state index is -4.50. The summed E-state index contributed by atoms with van der Waals surface area (Å²) in [6, 6.07) is 5.35. The summed E-state index contributed by atoms with van der Waals surface area (Å²) in [6.07, 6.45) is -3.32. The van der Waals surface area contributed by atoms with E-state index in [1.54, 1.807) is 6.07 Å². The fourth-order valence-corrected chi connectivity index (χ4v) is 1.59. The van der Waals surface area contributed by atoms with Crippen LogP contribution in [0.1, 0.15) is 17.0 Å². The minimum absolute atomic E-state index is 0.00290. The largest absolute Gasteiger partial charge is 0.416 e. The first-order chi connectivity index (χ1) is 8.95. The van der Waals surface area contributed by atoms with E-state index in [-0.39, 0.29) is 23.6 Å². The average Bonchev–Trinajstić information content (AvgIpc) is 2.85. The maximum atomic E-state index is 12.8. The topological polar surface area (TPSA) is 80.5 Å². The molecule has 8 heteroatoms. The molecule has 5 nitrogen and oxygen atoms in total. The van der Waals surface area contributed by atoms with E-state index in [0.717, 1.165) is 10.7 Å². The van der Waals surface area contributed by atoms with Gasteiger partial charge in [0.15, 0.2) is 0 Å². The normalized spacial score (nSPS) is 11.3. The second-order valence-corrected chi connectivity index (χ2v) is 3.67. The Bertz CT molecular complexity index is 639.